The van der Waals surface area contributed by atoms with Gasteiger partial charge >= 0.3 is 23.9 Å². The minimum atomic E-state index is -3.25. The van der Waals surface area contributed by atoms with Gasteiger partial charge in [0.15, 0.2) is 0 Å². The molecule has 9 nitrogen and oxygen atoms in total. The average molecular weight is 447 g/mol. The van der Waals surface area contributed by atoms with Gasteiger partial charge in [-0.05, 0) is 6.42 Å². The van der Waals surface area contributed by atoms with Crippen LogP contribution < -0.4 is 0 Å². The van der Waals surface area contributed by atoms with Crippen molar-refractivity contribution in [1.29, 1.82) is 0 Å². The molecule has 0 saturated carbocycles. The first-order valence-electron chi connectivity index (χ1n) is 11.2. The predicted molar refractivity (Wildman–Crippen MR) is 113 cm³/mol. The number of carboxylic acid groups (broad SMARTS) is 3. The topological polar surface area (TPSA) is 158 Å². The summed E-state index contributed by atoms with van der Waals surface area (Å²) >= 11 is 0. The molecule has 2 unspecified atom stereocenters. The second-order valence-electron chi connectivity index (χ2n) is 8.00. The monoisotopic (exact) mass is 446 g/mol. The Morgan fingerprint density at radius 1 is 0.742 bits per heavy atom. The third-order valence-electron chi connectivity index (χ3n) is 5.18. The van der Waals surface area contributed by atoms with E-state index >= 15 is 0 Å². The number of carbonyl (C=O) groups is 4. The third kappa shape index (κ3) is 13.0. The van der Waals surface area contributed by atoms with Crippen LogP contribution in [0.1, 0.15) is 103 Å². The van der Waals surface area contributed by atoms with Gasteiger partial charge in [-0.2, -0.15) is 0 Å². The Hall–Kier alpha value is -2.16. The van der Waals surface area contributed by atoms with Crippen molar-refractivity contribution in [2.45, 2.75) is 115 Å². The number of carbonyl (C=O) groups excluding carboxylic acids is 1. The lowest BCUT2D eigenvalue weighted by Gasteiger charge is -2.27. The van der Waals surface area contributed by atoms with E-state index < -0.39 is 42.0 Å². The lowest BCUT2D eigenvalue weighted by Crippen LogP contribution is -2.56. The van der Waals surface area contributed by atoms with Gasteiger partial charge in [0.2, 0.25) is 11.7 Å². The van der Waals surface area contributed by atoms with Crippen LogP contribution in [0.3, 0.4) is 0 Å². The van der Waals surface area contributed by atoms with Crippen LogP contribution in [-0.4, -0.2) is 56.0 Å². The summed E-state index contributed by atoms with van der Waals surface area (Å²) in [4.78, 5) is 45.1. The van der Waals surface area contributed by atoms with Crippen molar-refractivity contribution < 1.29 is 44.3 Å². The van der Waals surface area contributed by atoms with E-state index in [0.29, 0.717) is 6.42 Å². The number of unbranched alkanes of at least 4 members (excludes halogenated alkanes) is 12. The first-order chi connectivity index (χ1) is 14.6. The molecule has 4 N–H and O–H groups in total. The minimum Gasteiger partial charge on any atom is -0.481 e. The van der Waals surface area contributed by atoms with Crippen LogP contribution in [0.4, 0.5) is 0 Å². The molecular weight excluding hydrogens is 408 g/mol. The molecule has 0 spiro atoms. The van der Waals surface area contributed by atoms with E-state index in [1.54, 1.807) is 0 Å². The van der Waals surface area contributed by atoms with Crippen molar-refractivity contribution in [2.75, 3.05) is 0 Å². The van der Waals surface area contributed by atoms with Gasteiger partial charge in [0.1, 0.15) is 0 Å². The predicted octanol–water partition coefficient (Wildman–Crippen LogP) is 3.75. The van der Waals surface area contributed by atoms with Crippen LogP contribution in [0.2, 0.25) is 0 Å². The number of aliphatic hydroxyl groups is 1. The van der Waals surface area contributed by atoms with Gasteiger partial charge in [-0.25, -0.2) is 9.59 Å². The number of rotatable bonds is 20. The maximum absolute atomic E-state index is 11.9. The fourth-order valence-corrected chi connectivity index (χ4v) is 3.34. The van der Waals surface area contributed by atoms with Gasteiger partial charge in [-0.15, -0.1) is 0 Å². The van der Waals surface area contributed by atoms with Crippen LogP contribution in [0, 0.1) is 0 Å². The molecule has 2 atom stereocenters. The Kier molecular flexibility index (Phi) is 15.4. The zero-order valence-electron chi connectivity index (χ0n) is 18.5. The highest BCUT2D eigenvalue weighted by Crippen LogP contribution is 2.21. The zero-order chi connectivity index (χ0) is 23.7. The molecule has 0 aromatic rings. The van der Waals surface area contributed by atoms with E-state index in [0.717, 1.165) is 25.7 Å². The third-order valence-corrected chi connectivity index (χ3v) is 5.18. The molecule has 0 bridgehead atoms. The van der Waals surface area contributed by atoms with Crippen molar-refractivity contribution in [3.63, 3.8) is 0 Å². The Balaban J connectivity index is 4.07. The molecular formula is C22H38O9. The van der Waals surface area contributed by atoms with Crippen LogP contribution in [0.5, 0.6) is 0 Å². The maximum Gasteiger partial charge on any atom is 0.348 e. The van der Waals surface area contributed by atoms with Crippen molar-refractivity contribution >= 4 is 23.9 Å². The molecule has 9 heteroatoms. The molecule has 0 aliphatic heterocycles. The Labute approximate surface area is 183 Å². The van der Waals surface area contributed by atoms with Gasteiger partial charge < -0.3 is 25.2 Å². The number of esters is 1. The van der Waals surface area contributed by atoms with Gasteiger partial charge in [0, 0.05) is 6.42 Å². The quantitative estimate of drug-likeness (QED) is 0.161. The van der Waals surface area contributed by atoms with Gasteiger partial charge in [0.25, 0.3) is 0 Å². The zero-order valence-corrected chi connectivity index (χ0v) is 18.5. The summed E-state index contributed by atoms with van der Waals surface area (Å²) in [5.41, 5.74) is -3.25. The number of hydrogen-bond acceptors (Lipinski definition) is 6. The van der Waals surface area contributed by atoms with E-state index in [9.17, 15) is 24.3 Å². The fraction of sp³-hybridized carbons (Fsp3) is 0.818. The lowest BCUT2D eigenvalue weighted by atomic mass is 9.92. The Bertz CT molecular complexity index is 561. The minimum absolute atomic E-state index is 0.135. The molecule has 0 rings (SSSR count). The van der Waals surface area contributed by atoms with Crippen LogP contribution >= 0.6 is 0 Å². The molecule has 0 amide bonds. The van der Waals surface area contributed by atoms with Crippen molar-refractivity contribution in [3.05, 3.63) is 0 Å². The molecule has 0 aliphatic rings. The standard InChI is InChI=1S/C22H38O9/c1-2-3-4-5-6-7-8-9-10-11-12-13-14-15-18(25)31-19(20(26)27)22(30,21(28)29)16-17(23)24/h19,30H,2-16H2,1H3,(H,23,24)(H,26,27)(H,28,29). The fourth-order valence-electron chi connectivity index (χ4n) is 3.34. The summed E-state index contributed by atoms with van der Waals surface area (Å²) in [6, 6.07) is 0. The summed E-state index contributed by atoms with van der Waals surface area (Å²) in [6.07, 6.45) is 10.4. The molecule has 0 saturated heterocycles. The highest BCUT2D eigenvalue weighted by atomic mass is 16.6. The average Bonchev–Trinajstić information content (AvgIpc) is 2.68. The Morgan fingerprint density at radius 2 is 1.16 bits per heavy atom. The maximum atomic E-state index is 11.9. The molecule has 0 aliphatic carbocycles. The molecule has 0 aromatic heterocycles. The smallest absolute Gasteiger partial charge is 0.348 e. The Morgan fingerprint density at radius 3 is 1.52 bits per heavy atom. The van der Waals surface area contributed by atoms with E-state index in [-0.39, 0.29) is 6.42 Å². The van der Waals surface area contributed by atoms with Gasteiger partial charge in [-0.1, -0.05) is 84.0 Å². The van der Waals surface area contributed by atoms with Crippen LogP contribution in [-0.2, 0) is 23.9 Å². The number of hydrogen-bond donors (Lipinski definition) is 4. The lowest BCUT2D eigenvalue weighted by molar-refractivity contribution is -0.197. The number of ether oxygens (including phenoxy) is 1. The molecule has 31 heavy (non-hydrogen) atoms. The summed E-state index contributed by atoms with van der Waals surface area (Å²) in [5, 5.41) is 36.9. The summed E-state index contributed by atoms with van der Waals surface area (Å²) in [5.74, 6) is -6.73. The SMILES string of the molecule is CCCCCCCCCCCCCCCC(=O)OC(C(=O)O)C(O)(CC(=O)O)C(=O)O. The van der Waals surface area contributed by atoms with Gasteiger partial charge in [0.05, 0.1) is 6.42 Å². The largest absolute Gasteiger partial charge is 0.481 e. The van der Waals surface area contributed by atoms with E-state index in [2.05, 4.69) is 11.7 Å². The van der Waals surface area contributed by atoms with Crippen molar-refractivity contribution in [2.24, 2.45) is 0 Å². The van der Waals surface area contributed by atoms with Crippen LogP contribution in [0.25, 0.3) is 0 Å². The summed E-state index contributed by atoms with van der Waals surface area (Å²) in [6.45, 7) is 2.21. The highest BCUT2D eigenvalue weighted by molar-refractivity contribution is 5.92. The highest BCUT2D eigenvalue weighted by Gasteiger charge is 2.52. The molecule has 0 radical (unpaired) electrons. The van der Waals surface area contributed by atoms with E-state index in [1.807, 2.05) is 0 Å². The van der Waals surface area contributed by atoms with E-state index in [1.165, 1.54) is 51.4 Å². The van der Waals surface area contributed by atoms with Gasteiger partial charge in [-0.3, -0.25) is 9.59 Å². The first kappa shape index (κ1) is 28.8. The summed E-state index contributed by atoms with van der Waals surface area (Å²) in [7, 11) is 0. The molecule has 0 fully saturated rings. The van der Waals surface area contributed by atoms with Crippen molar-refractivity contribution in [1.82, 2.24) is 0 Å². The molecule has 180 valence electrons. The van der Waals surface area contributed by atoms with Crippen LogP contribution in [0.15, 0.2) is 0 Å². The number of aliphatic carboxylic acids is 3. The normalized spacial score (nSPS) is 13.9. The first-order valence-corrected chi connectivity index (χ1v) is 11.2. The van der Waals surface area contributed by atoms with E-state index in [4.69, 9.17) is 15.3 Å². The molecule has 0 heterocycles. The molecule has 0 aromatic carbocycles. The summed E-state index contributed by atoms with van der Waals surface area (Å²) < 4.78 is 4.61. The second-order valence-corrected chi connectivity index (χ2v) is 8.00. The second kappa shape index (κ2) is 16.5. The number of carboxylic acids is 3. The van der Waals surface area contributed by atoms with Crippen molar-refractivity contribution in [3.8, 4) is 0 Å².